The number of anilines is 2. The first-order chi connectivity index (χ1) is 19.8. The van der Waals surface area contributed by atoms with Crippen molar-refractivity contribution in [2.24, 2.45) is 0 Å². The van der Waals surface area contributed by atoms with Gasteiger partial charge in [0.05, 0.1) is 12.1 Å². The van der Waals surface area contributed by atoms with E-state index in [9.17, 15) is 14.4 Å². The predicted molar refractivity (Wildman–Crippen MR) is 164 cm³/mol. The van der Waals surface area contributed by atoms with Gasteiger partial charge >= 0.3 is 0 Å². The zero-order valence-electron chi connectivity index (χ0n) is 24.0. The summed E-state index contributed by atoms with van der Waals surface area (Å²) in [6.07, 6.45) is 7.08. The predicted octanol–water partition coefficient (Wildman–Crippen LogP) is 6.20. The summed E-state index contributed by atoms with van der Waals surface area (Å²) in [7, 11) is 3.92. The summed E-state index contributed by atoms with van der Waals surface area (Å²) in [5.74, 6) is -0.663. The Morgan fingerprint density at radius 3 is 2.29 bits per heavy atom. The number of rotatable bonds is 9. The minimum atomic E-state index is -0.952. The first-order valence-electron chi connectivity index (χ1n) is 14.4. The molecule has 212 valence electrons. The average molecular weight is 551 g/mol. The lowest BCUT2D eigenvalue weighted by molar-refractivity contribution is -0.127. The lowest BCUT2D eigenvalue weighted by Crippen LogP contribution is -2.48. The summed E-state index contributed by atoms with van der Waals surface area (Å²) in [6.45, 7) is 1.49. The van der Waals surface area contributed by atoms with Gasteiger partial charge in [-0.05, 0) is 61.2 Å². The van der Waals surface area contributed by atoms with Crippen molar-refractivity contribution >= 4 is 39.9 Å². The Kier molecular flexibility index (Phi) is 8.53. The second kappa shape index (κ2) is 12.4. The van der Waals surface area contributed by atoms with Gasteiger partial charge in [-0.1, -0.05) is 61.7 Å². The van der Waals surface area contributed by atoms with Gasteiger partial charge in [-0.25, -0.2) is 0 Å². The number of carbonyl (C=O) groups is 3. The molecule has 1 aliphatic rings. The molecule has 7 nitrogen and oxygen atoms in total. The Hall–Kier alpha value is -4.39. The molecule has 41 heavy (non-hydrogen) atoms. The van der Waals surface area contributed by atoms with Crippen LogP contribution in [-0.4, -0.2) is 42.7 Å². The number of hydrogen-bond acceptors (Lipinski definition) is 4. The number of ketones is 1. The van der Waals surface area contributed by atoms with Crippen LogP contribution < -0.4 is 15.1 Å². The van der Waals surface area contributed by atoms with Gasteiger partial charge in [0, 0.05) is 48.5 Å². The number of fused-ring (bicyclic) bond motifs is 1. The van der Waals surface area contributed by atoms with E-state index in [1.165, 1.54) is 13.3 Å². The van der Waals surface area contributed by atoms with E-state index in [4.69, 9.17) is 0 Å². The van der Waals surface area contributed by atoms with Crippen molar-refractivity contribution < 1.29 is 14.4 Å². The third kappa shape index (κ3) is 6.19. The fourth-order valence-corrected chi connectivity index (χ4v) is 5.82. The fraction of sp³-hybridized carbons (Fsp3) is 0.324. The molecule has 1 saturated carbocycles. The lowest BCUT2D eigenvalue weighted by atomic mass is 9.94. The van der Waals surface area contributed by atoms with Gasteiger partial charge in [-0.3, -0.25) is 19.3 Å². The van der Waals surface area contributed by atoms with Crippen LogP contribution in [0.25, 0.3) is 10.9 Å². The van der Waals surface area contributed by atoms with Crippen molar-refractivity contribution in [3.05, 3.63) is 95.7 Å². The molecule has 0 radical (unpaired) electrons. The summed E-state index contributed by atoms with van der Waals surface area (Å²) >= 11 is 0. The van der Waals surface area contributed by atoms with Crippen molar-refractivity contribution in [2.45, 2.75) is 57.5 Å². The quantitative estimate of drug-likeness (QED) is 0.243. The highest BCUT2D eigenvalue weighted by Gasteiger charge is 2.35. The number of amides is 2. The van der Waals surface area contributed by atoms with E-state index in [0.717, 1.165) is 47.8 Å². The van der Waals surface area contributed by atoms with E-state index in [1.807, 2.05) is 73.7 Å². The topological polar surface area (TPSA) is 85.5 Å². The van der Waals surface area contributed by atoms with Gasteiger partial charge in [0.2, 0.25) is 11.8 Å². The molecule has 2 N–H and O–H groups in total. The van der Waals surface area contributed by atoms with Crippen LogP contribution in [0.5, 0.6) is 0 Å². The molecule has 2 amide bonds. The Bertz CT molecular complexity index is 1530. The molecule has 1 aromatic heterocycles. The Morgan fingerprint density at radius 1 is 0.902 bits per heavy atom. The molecule has 7 heteroatoms. The van der Waals surface area contributed by atoms with Gasteiger partial charge in [0.15, 0.2) is 5.78 Å². The van der Waals surface area contributed by atoms with Crippen LogP contribution in [0.3, 0.4) is 0 Å². The van der Waals surface area contributed by atoms with Gasteiger partial charge in [-0.15, -0.1) is 0 Å². The number of Topliss-reactive ketones (excluding diaryl/α,β-unsaturated/α-hetero) is 1. The van der Waals surface area contributed by atoms with E-state index >= 15 is 0 Å². The van der Waals surface area contributed by atoms with E-state index in [0.29, 0.717) is 16.8 Å². The van der Waals surface area contributed by atoms with Crippen LogP contribution in [0.15, 0.2) is 79.0 Å². The van der Waals surface area contributed by atoms with Gasteiger partial charge in [0.1, 0.15) is 6.04 Å². The molecular weight excluding hydrogens is 512 g/mol. The molecule has 4 aromatic rings. The summed E-state index contributed by atoms with van der Waals surface area (Å²) in [5, 5.41) is 4.22. The highest BCUT2D eigenvalue weighted by molar-refractivity contribution is 6.09. The van der Waals surface area contributed by atoms with E-state index < -0.39 is 6.04 Å². The maximum atomic E-state index is 14.4. The Balaban J connectivity index is 1.62. The first kappa shape index (κ1) is 28.1. The molecule has 5 rings (SSSR count). The van der Waals surface area contributed by atoms with Crippen molar-refractivity contribution in [3.63, 3.8) is 0 Å². The molecule has 0 spiro atoms. The van der Waals surface area contributed by atoms with E-state index in [-0.39, 0.29) is 30.1 Å². The van der Waals surface area contributed by atoms with Crippen LogP contribution in [0, 0.1) is 0 Å². The standard InChI is InChI=1S/C34H38N4O3/c1-23(39)28-13-8-10-16-31(28)38(32(40)21-25-22-35-30-15-9-7-14-29(25)30)33(24-17-19-27(20-18-24)37(2)3)34(41)36-26-11-5-4-6-12-26/h7-10,13-20,22,26,33,35H,4-6,11-12,21H2,1-3H3,(H,36,41)/t33-/m0/s1. The highest BCUT2D eigenvalue weighted by Crippen LogP contribution is 2.34. The number of nitrogens with zero attached hydrogens (tertiary/aromatic N) is 2. The van der Waals surface area contributed by atoms with E-state index in [2.05, 4.69) is 10.3 Å². The molecule has 1 heterocycles. The average Bonchev–Trinajstić information content (AvgIpc) is 3.38. The molecule has 0 bridgehead atoms. The number of aromatic nitrogens is 1. The van der Waals surface area contributed by atoms with Crippen molar-refractivity contribution in [3.8, 4) is 0 Å². The normalized spacial score (nSPS) is 14.4. The number of carbonyl (C=O) groups excluding carboxylic acids is 3. The van der Waals surface area contributed by atoms with E-state index in [1.54, 1.807) is 29.2 Å². The summed E-state index contributed by atoms with van der Waals surface area (Å²) < 4.78 is 0. The smallest absolute Gasteiger partial charge is 0.248 e. The minimum absolute atomic E-state index is 0.0634. The molecule has 0 unspecified atom stereocenters. The number of benzene rings is 3. The SMILES string of the molecule is CC(=O)c1ccccc1N(C(=O)Cc1c[nH]c2ccccc12)[C@H](C(=O)NC1CCCCC1)c1ccc(N(C)C)cc1. The third-order valence-electron chi connectivity index (χ3n) is 8.01. The minimum Gasteiger partial charge on any atom is -0.378 e. The molecule has 0 saturated heterocycles. The van der Waals surface area contributed by atoms with Gasteiger partial charge in [-0.2, -0.15) is 0 Å². The highest BCUT2D eigenvalue weighted by atomic mass is 16.2. The summed E-state index contributed by atoms with van der Waals surface area (Å²) in [5.41, 5.74) is 4.29. The monoisotopic (exact) mass is 550 g/mol. The number of nitrogens with one attached hydrogen (secondary N) is 2. The zero-order chi connectivity index (χ0) is 28.9. The lowest BCUT2D eigenvalue weighted by Gasteiger charge is -2.34. The molecule has 3 aromatic carbocycles. The summed E-state index contributed by atoms with van der Waals surface area (Å²) in [6, 6.07) is 21.7. The summed E-state index contributed by atoms with van der Waals surface area (Å²) in [4.78, 5) is 48.3. The molecule has 1 aliphatic carbocycles. The van der Waals surface area contributed by atoms with Gasteiger partial charge in [0.25, 0.3) is 0 Å². The Labute approximate surface area is 241 Å². The van der Waals surface area contributed by atoms with Crippen molar-refractivity contribution in [1.82, 2.24) is 10.3 Å². The number of hydrogen-bond donors (Lipinski definition) is 2. The number of aromatic amines is 1. The van der Waals surface area contributed by atoms with Crippen LogP contribution in [0.2, 0.25) is 0 Å². The third-order valence-corrected chi connectivity index (χ3v) is 8.01. The van der Waals surface area contributed by atoms with Crippen molar-refractivity contribution in [1.29, 1.82) is 0 Å². The number of para-hydroxylation sites is 2. The maximum Gasteiger partial charge on any atom is 0.248 e. The fourth-order valence-electron chi connectivity index (χ4n) is 5.82. The number of H-pyrrole nitrogens is 1. The largest absolute Gasteiger partial charge is 0.378 e. The van der Waals surface area contributed by atoms with Crippen LogP contribution in [-0.2, 0) is 16.0 Å². The first-order valence-corrected chi connectivity index (χ1v) is 14.4. The second-order valence-corrected chi connectivity index (χ2v) is 11.1. The molecular formula is C34H38N4O3. The van der Waals surface area contributed by atoms with Crippen LogP contribution in [0.4, 0.5) is 11.4 Å². The van der Waals surface area contributed by atoms with Crippen molar-refractivity contribution in [2.75, 3.05) is 23.9 Å². The van der Waals surface area contributed by atoms with Gasteiger partial charge < -0.3 is 15.2 Å². The molecule has 0 aliphatic heterocycles. The van der Waals surface area contributed by atoms with Crippen LogP contribution >= 0.6 is 0 Å². The zero-order valence-corrected chi connectivity index (χ0v) is 24.0. The van der Waals surface area contributed by atoms with Crippen LogP contribution in [0.1, 0.15) is 66.6 Å². The molecule has 1 fully saturated rings. The molecule has 1 atom stereocenters. The second-order valence-electron chi connectivity index (χ2n) is 11.1. The Morgan fingerprint density at radius 2 is 1.59 bits per heavy atom. The maximum absolute atomic E-state index is 14.4.